The molecule has 2 rings (SSSR count). The van der Waals surface area contributed by atoms with E-state index in [2.05, 4.69) is 41.8 Å². The second kappa shape index (κ2) is 6.97. The predicted octanol–water partition coefficient (Wildman–Crippen LogP) is 4.23. The van der Waals surface area contributed by atoms with Gasteiger partial charge in [-0.3, -0.25) is 0 Å². The lowest BCUT2D eigenvalue weighted by atomic mass is 9.87. The third kappa shape index (κ3) is 4.55. The van der Waals surface area contributed by atoms with Crippen molar-refractivity contribution in [2.24, 2.45) is 11.8 Å². The van der Waals surface area contributed by atoms with Crippen molar-refractivity contribution < 1.29 is 0 Å². The van der Waals surface area contributed by atoms with Crippen molar-refractivity contribution in [1.82, 2.24) is 9.55 Å². The van der Waals surface area contributed by atoms with Gasteiger partial charge in [0.15, 0.2) is 0 Å². The van der Waals surface area contributed by atoms with E-state index in [-0.39, 0.29) is 0 Å². The Kier molecular flexibility index (Phi) is 5.29. The maximum Gasteiger partial charge on any atom is 0.203 e. The van der Waals surface area contributed by atoms with Crippen molar-refractivity contribution in [3.63, 3.8) is 0 Å². The molecular formula is C16H29N3. The highest BCUT2D eigenvalue weighted by molar-refractivity contribution is 5.28. The van der Waals surface area contributed by atoms with Gasteiger partial charge in [0.05, 0.1) is 5.69 Å². The van der Waals surface area contributed by atoms with Crippen LogP contribution in [0.1, 0.15) is 58.1 Å². The van der Waals surface area contributed by atoms with Crippen molar-refractivity contribution >= 4 is 5.95 Å². The van der Waals surface area contributed by atoms with Gasteiger partial charge in [-0.05, 0) is 25.2 Å². The molecule has 19 heavy (non-hydrogen) atoms. The Labute approximate surface area is 117 Å². The van der Waals surface area contributed by atoms with Gasteiger partial charge in [0.1, 0.15) is 0 Å². The first-order valence-corrected chi connectivity index (χ1v) is 7.93. The zero-order valence-corrected chi connectivity index (χ0v) is 12.8. The Hall–Kier alpha value is -0.990. The Morgan fingerprint density at radius 1 is 1.32 bits per heavy atom. The number of nitrogens with one attached hydrogen (secondary N) is 1. The molecule has 0 bridgehead atoms. The van der Waals surface area contributed by atoms with Crippen LogP contribution in [-0.4, -0.2) is 16.1 Å². The molecule has 0 atom stereocenters. The maximum atomic E-state index is 4.60. The van der Waals surface area contributed by atoms with Crippen LogP contribution < -0.4 is 5.32 Å². The van der Waals surface area contributed by atoms with E-state index in [0.717, 1.165) is 30.6 Å². The summed E-state index contributed by atoms with van der Waals surface area (Å²) in [6.45, 7) is 8.66. The van der Waals surface area contributed by atoms with Crippen molar-refractivity contribution in [1.29, 1.82) is 0 Å². The van der Waals surface area contributed by atoms with Crippen LogP contribution in [0.25, 0.3) is 0 Å². The minimum Gasteiger partial charge on any atom is -0.355 e. The van der Waals surface area contributed by atoms with Gasteiger partial charge in [0, 0.05) is 19.3 Å². The average molecular weight is 263 g/mol. The highest BCUT2D eigenvalue weighted by Gasteiger charge is 2.14. The SMILES string of the molecule is Cc1cn(CCC2CCCCC2)c(NCC(C)C)n1. The van der Waals surface area contributed by atoms with Crippen LogP contribution >= 0.6 is 0 Å². The highest BCUT2D eigenvalue weighted by atomic mass is 15.2. The highest BCUT2D eigenvalue weighted by Crippen LogP contribution is 2.27. The number of rotatable bonds is 6. The summed E-state index contributed by atoms with van der Waals surface area (Å²) in [5.74, 6) is 2.65. The zero-order valence-electron chi connectivity index (χ0n) is 12.8. The zero-order chi connectivity index (χ0) is 13.7. The van der Waals surface area contributed by atoms with E-state index in [4.69, 9.17) is 0 Å². The molecule has 1 aliphatic rings. The summed E-state index contributed by atoms with van der Waals surface area (Å²) in [4.78, 5) is 4.60. The third-order valence-electron chi connectivity index (χ3n) is 4.07. The lowest BCUT2D eigenvalue weighted by Crippen LogP contribution is -2.14. The summed E-state index contributed by atoms with van der Waals surface area (Å²) in [5.41, 5.74) is 1.12. The van der Waals surface area contributed by atoms with Crippen molar-refractivity contribution in [3.05, 3.63) is 11.9 Å². The quantitative estimate of drug-likeness (QED) is 0.832. The number of hydrogen-bond acceptors (Lipinski definition) is 2. The fraction of sp³-hybridized carbons (Fsp3) is 0.812. The molecule has 1 aliphatic carbocycles. The van der Waals surface area contributed by atoms with Crippen LogP contribution in [-0.2, 0) is 6.54 Å². The fourth-order valence-electron chi connectivity index (χ4n) is 2.95. The molecule has 0 radical (unpaired) electrons. The number of aromatic nitrogens is 2. The lowest BCUT2D eigenvalue weighted by molar-refractivity contribution is 0.324. The van der Waals surface area contributed by atoms with Gasteiger partial charge in [0.25, 0.3) is 0 Å². The van der Waals surface area contributed by atoms with Crippen LogP contribution in [0.2, 0.25) is 0 Å². The molecule has 1 heterocycles. The van der Waals surface area contributed by atoms with Crippen LogP contribution in [0.15, 0.2) is 6.20 Å². The van der Waals surface area contributed by atoms with Crippen molar-refractivity contribution in [3.8, 4) is 0 Å². The van der Waals surface area contributed by atoms with Crippen LogP contribution in [0, 0.1) is 18.8 Å². The van der Waals surface area contributed by atoms with E-state index in [1.807, 2.05) is 0 Å². The van der Waals surface area contributed by atoms with Gasteiger partial charge in [-0.2, -0.15) is 0 Å². The van der Waals surface area contributed by atoms with Crippen LogP contribution in [0.3, 0.4) is 0 Å². The molecule has 0 amide bonds. The molecule has 1 fully saturated rings. The topological polar surface area (TPSA) is 29.9 Å². The van der Waals surface area contributed by atoms with Crippen molar-refractivity contribution in [2.75, 3.05) is 11.9 Å². The van der Waals surface area contributed by atoms with Crippen molar-refractivity contribution in [2.45, 2.75) is 65.8 Å². The molecule has 1 N–H and O–H groups in total. The molecule has 0 saturated heterocycles. The second-order valence-electron chi connectivity index (χ2n) is 6.47. The first-order valence-electron chi connectivity index (χ1n) is 7.93. The summed E-state index contributed by atoms with van der Waals surface area (Å²) >= 11 is 0. The molecule has 1 aromatic heterocycles. The van der Waals surface area contributed by atoms with E-state index in [1.165, 1.54) is 38.5 Å². The largest absolute Gasteiger partial charge is 0.355 e. The fourth-order valence-corrected chi connectivity index (χ4v) is 2.95. The molecule has 108 valence electrons. The Morgan fingerprint density at radius 2 is 2.05 bits per heavy atom. The molecule has 1 aromatic rings. The standard InChI is InChI=1S/C16H29N3/c1-13(2)11-17-16-18-14(3)12-19(16)10-9-15-7-5-4-6-8-15/h12-13,15H,4-11H2,1-3H3,(H,17,18). The second-order valence-corrected chi connectivity index (χ2v) is 6.47. The maximum absolute atomic E-state index is 4.60. The molecule has 0 unspecified atom stereocenters. The smallest absolute Gasteiger partial charge is 0.203 e. The molecule has 0 spiro atoms. The minimum absolute atomic E-state index is 0.656. The number of hydrogen-bond donors (Lipinski definition) is 1. The number of anilines is 1. The van der Waals surface area contributed by atoms with E-state index in [0.29, 0.717) is 5.92 Å². The summed E-state index contributed by atoms with van der Waals surface area (Å²) in [6, 6.07) is 0. The monoisotopic (exact) mass is 263 g/mol. The lowest BCUT2D eigenvalue weighted by Gasteiger charge is -2.22. The average Bonchev–Trinajstić information content (AvgIpc) is 2.75. The minimum atomic E-state index is 0.656. The number of imidazole rings is 1. The van der Waals surface area contributed by atoms with E-state index >= 15 is 0 Å². The third-order valence-corrected chi connectivity index (χ3v) is 4.07. The summed E-state index contributed by atoms with van der Waals surface area (Å²) in [7, 11) is 0. The summed E-state index contributed by atoms with van der Waals surface area (Å²) < 4.78 is 2.31. The molecule has 0 aromatic carbocycles. The van der Waals surface area contributed by atoms with E-state index in [1.54, 1.807) is 0 Å². The van der Waals surface area contributed by atoms with Gasteiger partial charge in [-0.1, -0.05) is 46.0 Å². The summed E-state index contributed by atoms with van der Waals surface area (Å²) in [6.07, 6.45) is 10.7. The predicted molar refractivity (Wildman–Crippen MR) is 81.5 cm³/mol. The molecule has 3 nitrogen and oxygen atoms in total. The Balaban J connectivity index is 1.87. The summed E-state index contributed by atoms with van der Waals surface area (Å²) in [5, 5.41) is 3.47. The Morgan fingerprint density at radius 3 is 2.74 bits per heavy atom. The van der Waals surface area contributed by atoms with E-state index < -0.39 is 0 Å². The molecular weight excluding hydrogens is 234 g/mol. The molecule has 1 saturated carbocycles. The molecule has 0 aliphatic heterocycles. The molecule has 3 heteroatoms. The Bertz CT molecular complexity index is 375. The van der Waals surface area contributed by atoms with E-state index in [9.17, 15) is 0 Å². The van der Waals surface area contributed by atoms with Gasteiger partial charge in [-0.25, -0.2) is 4.98 Å². The van der Waals surface area contributed by atoms with Gasteiger partial charge in [-0.15, -0.1) is 0 Å². The first-order chi connectivity index (χ1) is 9.15. The first kappa shape index (κ1) is 14.4. The normalized spacial score (nSPS) is 17.1. The van der Waals surface area contributed by atoms with Gasteiger partial charge in [0.2, 0.25) is 5.95 Å². The van der Waals surface area contributed by atoms with Crippen LogP contribution in [0.4, 0.5) is 5.95 Å². The van der Waals surface area contributed by atoms with Gasteiger partial charge < -0.3 is 9.88 Å². The number of aryl methyl sites for hydroxylation is 2. The van der Waals surface area contributed by atoms with Gasteiger partial charge >= 0.3 is 0 Å². The van der Waals surface area contributed by atoms with Crippen LogP contribution in [0.5, 0.6) is 0 Å². The number of nitrogens with zero attached hydrogens (tertiary/aromatic N) is 2.